The number of hydrogen-bond acceptors (Lipinski definition) is 3. The van der Waals surface area contributed by atoms with E-state index in [9.17, 15) is 23.1 Å². The molecular formula is C20H21F3N2O2. The van der Waals surface area contributed by atoms with Crippen LogP contribution < -0.4 is 0 Å². The van der Waals surface area contributed by atoms with Crippen molar-refractivity contribution in [2.45, 2.75) is 32.0 Å². The SMILES string of the molecule is Cc1cccc(C(c2cccc(C(F)(F)F)c2)N2CCCC(C(=O)O)C2)n1. The van der Waals surface area contributed by atoms with Crippen molar-refractivity contribution in [1.29, 1.82) is 0 Å². The number of benzene rings is 1. The van der Waals surface area contributed by atoms with Crippen LogP contribution in [0.15, 0.2) is 42.5 Å². The maximum absolute atomic E-state index is 13.2. The minimum Gasteiger partial charge on any atom is -0.481 e. The van der Waals surface area contributed by atoms with Crippen LogP contribution in [0.2, 0.25) is 0 Å². The second kappa shape index (κ2) is 7.68. The number of hydrogen-bond donors (Lipinski definition) is 1. The number of aromatic nitrogens is 1. The van der Waals surface area contributed by atoms with Crippen molar-refractivity contribution in [3.63, 3.8) is 0 Å². The van der Waals surface area contributed by atoms with Crippen LogP contribution in [0.4, 0.5) is 13.2 Å². The average Bonchev–Trinajstić information content (AvgIpc) is 2.62. The van der Waals surface area contributed by atoms with Crippen LogP contribution >= 0.6 is 0 Å². The molecule has 4 nitrogen and oxygen atoms in total. The summed E-state index contributed by atoms with van der Waals surface area (Å²) in [7, 11) is 0. The summed E-state index contributed by atoms with van der Waals surface area (Å²) in [5, 5.41) is 9.38. The first-order valence-electron chi connectivity index (χ1n) is 8.83. The smallest absolute Gasteiger partial charge is 0.416 e. The lowest BCUT2D eigenvalue weighted by Gasteiger charge is -2.37. The molecule has 0 bridgehead atoms. The Labute approximate surface area is 155 Å². The fourth-order valence-corrected chi connectivity index (χ4v) is 3.61. The lowest BCUT2D eigenvalue weighted by molar-refractivity contribution is -0.143. The van der Waals surface area contributed by atoms with E-state index in [2.05, 4.69) is 4.98 Å². The molecular weight excluding hydrogens is 357 g/mol. The fourth-order valence-electron chi connectivity index (χ4n) is 3.61. The van der Waals surface area contributed by atoms with Gasteiger partial charge in [-0.25, -0.2) is 0 Å². The van der Waals surface area contributed by atoms with Gasteiger partial charge in [0.15, 0.2) is 0 Å². The van der Waals surface area contributed by atoms with Crippen LogP contribution in [0.3, 0.4) is 0 Å². The third-order valence-corrected chi connectivity index (χ3v) is 4.89. The zero-order chi connectivity index (χ0) is 19.6. The zero-order valence-electron chi connectivity index (χ0n) is 14.9. The highest BCUT2D eigenvalue weighted by Crippen LogP contribution is 2.35. The lowest BCUT2D eigenvalue weighted by atomic mass is 9.92. The molecule has 0 spiro atoms. The number of rotatable bonds is 4. The summed E-state index contributed by atoms with van der Waals surface area (Å²) >= 11 is 0. The number of carboxylic acids is 1. The maximum atomic E-state index is 13.2. The second-order valence-corrected chi connectivity index (χ2v) is 6.90. The Morgan fingerprint density at radius 3 is 2.67 bits per heavy atom. The molecule has 27 heavy (non-hydrogen) atoms. The van der Waals surface area contributed by atoms with Crippen molar-refractivity contribution in [3.8, 4) is 0 Å². The molecule has 1 aliphatic heterocycles. The molecule has 1 aliphatic rings. The minimum absolute atomic E-state index is 0.284. The van der Waals surface area contributed by atoms with Gasteiger partial charge in [0.05, 0.1) is 23.2 Å². The van der Waals surface area contributed by atoms with Crippen molar-refractivity contribution in [2.75, 3.05) is 13.1 Å². The predicted octanol–water partition coefficient (Wildman–Crippen LogP) is 4.29. The Bertz CT molecular complexity index is 823. The molecule has 0 aliphatic carbocycles. The summed E-state index contributed by atoms with van der Waals surface area (Å²) in [5.41, 5.74) is 1.13. The minimum atomic E-state index is -4.44. The Balaban J connectivity index is 2.04. The van der Waals surface area contributed by atoms with E-state index in [1.165, 1.54) is 6.07 Å². The normalized spacial score (nSPS) is 19.6. The molecule has 2 aromatic rings. The van der Waals surface area contributed by atoms with Gasteiger partial charge in [0.2, 0.25) is 0 Å². The van der Waals surface area contributed by atoms with Gasteiger partial charge in [0.25, 0.3) is 0 Å². The zero-order valence-corrected chi connectivity index (χ0v) is 14.9. The quantitative estimate of drug-likeness (QED) is 0.862. The lowest BCUT2D eigenvalue weighted by Crippen LogP contribution is -2.41. The third-order valence-electron chi connectivity index (χ3n) is 4.89. The van der Waals surface area contributed by atoms with Gasteiger partial charge in [-0.2, -0.15) is 13.2 Å². The molecule has 0 radical (unpaired) electrons. The molecule has 2 unspecified atom stereocenters. The van der Waals surface area contributed by atoms with E-state index < -0.39 is 29.7 Å². The Morgan fingerprint density at radius 2 is 2.00 bits per heavy atom. The van der Waals surface area contributed by atoms with Gasteiger partial charge in [-0.1, -0.05) is 18.2 Å². The van der Waals surface area contributed by atoms with Crippen molar-refractivity contribution in [3.05, 3.63) is 65.0 Å². The number of piperidine rings is 1. The largest absolute Gasteiger partial charge is 0.481 e. The highest BCUT2D eigenvalue weighted by molar-refractivity contribution is 5.70. The third kappa shape index (κ3) is 4.47. The van der Waals surface area contributed by atoms with Crippen LogP contribution in [0.25, 0.3) is 0 Å². The number of halogens is 3. The van der Waals surface area contributed by atoms with Gasteiger partial charge in [0.1, 0.15) is 0 Å². The molecule has 2 heterocycles. The fraction of sp³-hybridized carbons (Fsp3) is 0.400. The number of aryl methyl sites for hydroxylation is 1. The van der Waals surface area contributed by atoms with Gasteiger partial charge in [-0.15, -0.1) is 0 Å². The molecule has 7 heteroatoms. The highest BCUT2D eigenvalue weighted by atomic mass is 19.4. The van der Waals surface area contributed by atoms with E-state index in [-0.39, 0.29) is 6.54 Å². The molecule has 1 aromatic heterocycles. The number of alkyl halides is 3. The van der Waals surface area contributed by atoms with Gasteiger partial charge in [0, 0.05) is 12.2 Å². The summed E-state index contributed by atoms with van der Waals surface area (Å²) in [6.07, 6.45) is -3.19. The van der Waals surface area contributed by atoms with Gasteiger partial charge in [-0.05, 0) is 56.1 Å². The van der Waals surface area contributed by atoms with E-state index in [4.69, 9.17) is 0 Å². The van der Waals surface area contributed by atoms with Crippen LogP contribution in [0.5, 0.6) is 0 Å². The first kappa shape index (κ1) is 19.4. The molecule has 0 amide bonds. The van der Waals surface area contributed by atoms with Crippen molar-refractivity contribution < 1.29 is 23.1 Å². The Kier molecular flexibility index (Phi) is 5.51. The summed E-state index contributed by atoms with van der Waals surface area (Å²) < 4.78 is 39.6. The standard InChI is InChI=1S/C20H21F3N2O2/c1-13-5-2-9-17(24-13)18(25-10-4-7-15(12-25)19(26)27)14-6-3-8-16(11-14)20(21,22)23/h2-3,5-6,8-9,11,15,18H,4,7,10,12H2,1H3,(H,26,27). The first-order chi connectivity index (χ1) is 12.8. The van der Waals surface area contributed by atoms with Gasteiger partial charge >= 0.3 is 12.1 Å². The molecule has 1 fully saturated rings. The van der Waals surface area contributed by atoms with E-state index in [1.54, 1.807) is 12.1 Å². The molecule has 0 saturated carbocycles. The molecule has 1 saturated heterocycles. The van der Waals surface area contributed by atoms with Crippen LogP contribution in [0.1, 0.15) is 41.4 Å². The average molecular weight is 378 g/mol. The van der Waals surface area contributed by atoms with Crippen molar-refractivity contribution in [2.24, 2.45) is 5.92 Å². The predicted molar refractivity (Wildman–Crippen MR) is 94.2 cm³/mol. The van der Waals surface area contributed by atoms with E-state index in [0.29, 0.717) is 30.6 Å². The molecule has 3 rings (SSSR count). The number of pyridine rings is 1. The van der Waals surface area contributed by atoms with E-state index >= 15 is 0 Å². The van der Waals surface area contributed by atoms with Gasteiger partial charge in [-0.3, -0.25) is 14.7 Å². The molecule has 1 aromatic carbocycles. The Morgan fingerprint density at radius 1 is 1.26 bits per heavy atom. The van der Waals surface area contributed by atoms with Crippen LogP contribution in [-0.4, -0.2) is 34.0 Å². The number of carbonyl (C=O) groups is 1. The summed E-state index contributed by atoms with van der Waals surface area (Å²) in [4.78, 5) is 17.9. The number of nitrogens with zero attached hydrogens (tertiary/aromatic N) is 2. The number of aliphatic carboxylic acids is 1. The Hall–Kier alpha value is -2.41. The van der Waals surface area contributed by atoms with Crippen molar-refractivity contribution in [1.82, 2.24) is 9.88 Å². The molecule has 1 N–H and O–H groups in total. The maximum Gasteiger partial charge on any atom is 0.416 e. The summed E-state index contributed by atoms with van der Waals surface area (Å²) in [5.74, 6) is -1.41. The van der Waals surface area contributed by atoms with Crippen molar-refractivity contribution >= 4 is 5.97 Å². The van der Waals surface area contributed by atoms with E-state index in [0.717, 1.165) is 17.8 Å². The molecule has 2 atom stereocenters. The summed E-state index contributed by atoms with van der Waals surface area (Å²) in [6.45, 7) is 2.72. The highest BCUT2D eigenvalue weighted by Gasteiger charge is 2.34. The monoisotopic (exact) mass is 378 g/mol. The number of carboxylic acid groups (broad SMARTS) is 1. The first-order valence-corrected chi connectivity index (χ1v) is 8.83. The van der Waals surface area contributed by atoms with Crippen LogP contribution in [-0.2, 0) is 11.0 Å². The summed E-state index contributed by atoms with van der Waals surface area (Å²) in [6, 6.07) is 10.1. The number of likely N-dealkylation sites (tertiary alicyclic amines) is 1. The second-order valence-electron chi connectivity index (χ2n) is 6.90. The molecule has 144 valence electrons. The topological polar surface area (TPSA) is 53.4 Å². The van der Waals surface area contributed by atoms with Crippen LogP contribution in [0, 0.1) is 12.8 Å². The van der Waals surface area contributed by atoms with Gasteiger partial charge < -0.3 is 5.11 Å². The van der Waals surface area contributed by atoms with E-state index in [1.807, 2.05) is 24.0 Å².